The number of carbonyl (C=O) groups is 1. The molecule has 0 radical (unpaired) electrons. The lowest BCUT2D eigenvalue weighted by molar-refractivity contribution is -0.123. The highest BCUT2D eigenvalue weighted by Crippen LogP contribution is 2.33. The fourth-order valence-electron chi connectivity index (χ4n) is 3.65. The van der Waals surface area contributed by atoms with Gasteiger partial charge in [0.2, 0.25) is 0 Å². The van der Waals surface area contributed by atoms with Gasteiger partial charge in [-0.05, 0) is 31.6 Å². The number of hydrogen-bond donors (Lipinski definition) is 0. The molecule has 0 aromatic carbocycles. The van der Waals surface area contributed by atoms with Crippen LogP contribution in [-0.2, 0) is 14.6 Å². The zero-order valence-corrected chi connectivity index (χ0v) is 17.8. The summed E-state index contributed by atoms with van der Waals surface area (Å²) in [5.74, 6) is -0.0327. The number of rotatable bonds is 9. The van der Waals surface area contributed by atoms with Gasteiger partial charge in [-0.3, -0.25) is 4.79 Å². The standard InChI is InChI=1S/C20H36N2O3S/c1-5-6-7-8-9-10-11-16-12-14-17(15-13-16)26(24,25)19(22-21)18(23)20(2,3)4/h16-17H,5-15H2,1-4H3. The maximum absolute atomic E-state index is 12.8. The van der Waals surface area contributed by atoms with Crippen LogP contribution in [0.3, 0.4) is 0 Å². The molecule has 1 saturated carbocycles. The summed E-state index contributed by atoms with van der Waals surface area (Å²) >= 11 is 0. The van der Waals surface area contributed by atoms with E-state index in [1.807, 2.05) is 0 Å². The minimum absolute atomic E-state index is 0.555. The predicted molar refractivity (Wildman–Crippen MR) is 106 cm³/mol. The number of nitrogens with zero attached hydrogens (tertiary/aromatic N) is 2. The summed E-state index contributed by atoms with van der Waals surface area (Å²) in [7, 11) is -3.86. The fraction of sp³-hybridized carbons (Fsp3) is 0.900. The first-order valence-corrected chi connectivity index (χ1v) is 11.7. The van der Waals surface area contributed by atoms with Crippen LogP contribution in [0.5, 0.6) is 0 Å². The molecular formula is C20H36N2O3S. The van der Waals surface area contributed by atoms with Crippen molar-refractivity contribution in [2.45, 2.75) is 104 Å². The smallest absolute Gasteiger partial charge is 0.360 e. The molecule has 0 N–H and O–H groups in total. The molecule has 0 aliphatic heterocycles. The molecule has 6 heteroatoms. The Hall–Kier alpha value is -1.00. The maximum Gasteiger partial charge on any atom is 0.448 e. The van der Waals surface area contributed by atoms with E-state index < -0.39 is 31.3 Å². The van der Waals surface area contributed by atoms with Gasteiger partial charge in [-0.25, -0.2) is 8.42 Å². The van der Waals surface area contributed by atoms with Gasteiger partial charge in [0, 0.05) is 5.41 Å². The Labute approximate surface area is 159 Å². The number of Topliss-reactive ketones (excluding diaryl/α,β-unsaturated/α-hetero) is 1. The summed E-state index contributed by atoms with van der Waals surface area (Å²) in [5.41, 5.74) is 8.29. The Balaban J connectivity index is 2.53. The molecule has 1 rings (SSSR count). The molecular weight excluding hydrogens is 348 g/mol. The van der Waals surface area contributed by atoms with Crippen LogP contribution in [0.15, 0.2) is 0 Å². The van der Waals surface area contributed by atoms with E-state index in [4.69, 9.17) is 0 Å². The van der Waals surface area contributed by atoms with Gasteiger partial charge in [0.1, 0.15) is 0 Å². The summed E-state index contributed by atoms with van der Waals surface area (Å²) < 4.78 is 25.5. The van der Waals surface area contributed by atoms with E-state index >= 15 is 0 Å². The Bertz CT molecular complexity index is 605. The minimum atomic E-state index is -3.86. The molecule has 1 aliphatic rings. The van der Waals surface area contributed by atoms with Gasteiger partial charge < -0.3 is 5.53 Å². The molecule has 26 heavy (non-hydrogen) atoms. The van der Waals surface area contributed by atoms with Gasteiger partial charge in [-0.15, -0.1) is 4.79 Å². The molecule has 0 saturated heterocycles. The van der Waals surface area contributed by atoms with Crippen LogP contribution in [0.2, 0.25) is 0 Å². The first kappa shape index (κ1) is 23.0. The van der Waals surface area contributed by atoms with E-state index in [9.17, 15) is 18.7 Å². The van der Waals surface area contributed by atoms with Gasteiger partial charge in [-0.1, -0.05) is 72.6 Å². The maximum atomic E-state index is 12.8. The zero-order chi connectivity index (χ0) is 19.8. The molecule has 0 spiro atoms. The molecule has 1 aliphatic carbocycles. The van der Waals surface area contributed by atoms with Crippen molar-refractivity contribution in [3.63, 3.8) is 0 Å². The van der Waals surface area contributed by atoms with Crippen molar-refractivity contribution < 1.29 is 18.0 Å². The minimum Gasteiger partial charge on any atom is -0.360 e. The molecule has 0 heterocycles. The Morgan fingerprint density at radius 3 is 2.04 bits per heavy atom. The third-order valence-corrected chi connectivity index (χ3v) is 7.59. The first-order chi connectivity index (χ1) is 12.1. The van der Waals surface area contributed by atoms with E-state index in [1.165, 1.54) is 44.9 Å². The van der Waals surface area contributed by atoms with Crippen LogP contribution in [0.1, 0.15) is 98.3 Å². The average Bonchev–Trinajstić information content (AvgIpc) is 2.58. The van der Waals surface area contributed by atoms with Crippen molar-refractivity contribution in [3.05, 3.63) is 5.53 Å². The van der Waals surface area contributed by atoms with Crippen molar-refractivity contribution >= 4 is 20.7 Å². The van der Waals surface area contributed by atoms with Crippen LogP contribution in [0, 0.1) is 11.3 Å². The number of carbonyl (C=O) groups excluding carboxylic acids is 1. The van der Waals surface area contributed by atoms with E-state index in [0.29, 0.717) is 18.8 Å². The van der Waals surface area contributed by atoms with Gasteiger partial charge in [0.15, 0.2) is 0 Å². The summed E-state index contributed by atoms with van der Waals surface area (Å²) in [6, 6.07) is 0. The van der Waals surface area contributed by atoms with Gasteiger partial charge in [0.25, 0.3) is 15.6 Å². The molecule has 0 aromatic rings. The highest BCUT2D eigenvalue weighted by atomic mass is 32.2. The van der Waals surface area contributed by atoms with Crippen LogP contribution < -0.4 is 0 Å². The first-order valence-electron chi connectivity index (χ1n) is 10.1. The number of sulfone groups is 1. The van der Waals surface area contributed by atoms with Crippen molar-refractivity contribution in [1.82, 2.24) is 0 Å². The van der Waals surface area contributed by atoms with Crippen molar-refractivity contribution in [2.75, 3.05) is 0 Å². The largest absolute Gasteiger partial charge is 0.448 e. The van der Waals surface area contributed by atoms with E-state index in [0.717, 1.165) is 12.8 Å². The van der Waals surface area contributed by atoms with Gasteiger partial charge in [0.05, 0.1) is 5.25 Å². The number of hydrogen-bond acceptors (Lipinski definition) is 3. The second-order valence-electron chi connectivity index (χ2n) is 8.73. The lowest BCUT2D eigenvalue weighted by atomic mass is 9.85. The van der Waals surface area contributed by atoms with Crippen molar-refractivity contribution in [3.8, 4) is 0 Å². The molecule has 0 aromatic heterocycles. The second kappa shape index (κ2) is 10.4. The van der Waals surface area contributed by atoms with Gasteiger partial charge in [-0.2, -0.15) is 0 Å². The highest BCUT2D eigenvalue weighted by molar-refractivity contribution is 8.08. The van der Waals surface area contributed by atoms with Crippen LogP contribution >= 0.6 is 0 Å². The summed E-state index contributed by atoms with van der Waals surface area (Å²) in [4.78, 5) is 15.2. The summed E-state index contributed by atoms with van der Waals surface area (Å²) in [6.07, 6.45) is 11.7. The number of ketones is 1. The lowest BCUT2D eigenvalue weighted by Crippen LogP contribution is -2.41. The van der Waals surface area contributed by atoms with Crippen LogP contribution in [0.25, 0.3) is 5.53 Å². The normalized spacial score (nSPS) is 21.2. The topological polar surface area (TPSA) is 87.6 Å². The Kier molecular flexibility index (Phi) is 9.18. The van der Waals surface area contributed by atoms with Crippen molar-refractivity contribution in [2.24, 2.45) is 11.3 Å². The molecule has 0 atom stereocenters. The Morgan fingerprint density at radius 1 is 1.00 bits per heavy atom. The zero-order valence-electron chi connectivity index (χ0n) is 17.0. The predicted octanol–water partition coefficient (Wildman–Crippen LogP) is 4.95. The van der Waals surface area contributed by atoms with Crippen molar-refractivity contribution in [1.29, 1.82) is 0 Å². The summed E-state index contributed by atoms with van der Waals surface area (Å²) in [6.45, 7) is 7.11. The third-order valence-electron chi connectivity index (χ3n) is 5.43. The Morgan fingerprint density at radius 2 is 1.54 bits per heavy atom. The molecule has 0 amide bonds. The summed E-state index contributed by atoms with van der Waals surface area (Å²) in [5, 5.41) is -1.26. The fourth-order valence-corrected chi connectivity index (χ4v) is 5.54. The second-order valence-corrected chi connectivity index (χ2v) is 10.9. The average molecular weight is 385 g/mol. The van der Waals surface area contributed by atoms with E-state index in [1.54, 1.807) is 20.8 Å². The monoisotopic (exact) mass is 384 g/mol. The van der Waals surface area contributed by atoms with E-state index in [-0.39, 0.29) is 0 Å². The lowest BCUT2D eigenvalue weighted by Gasteiger charge is -2.27. The van der Waals surface area contributed by atoms with Crippen LogP contribution in [-0.4, -0.2) is 29.3 Å². The quantitative estimate of drug-likeness (QED) is 0.185. The van der Waals surface area contributed by atoms with E-state index in [2.05, 4.69) is 11.7 Å². The highest BCUT2D eigenvalue weighted by Gasteiger charge is 2.46. The molecule has 5 nitrogen and oxygen atoms in total. The SMILES string of the molecule is CCCCCCCCC1CCC(S(=O)(=O)C(=[N+]=[N-])C(=O)C(C)(C)C)CC1. The molecule has 0 unspecified atom stereocenters. The third kappa shape index (κ3) is 6.62. The molecule has 1 fully saturated rings. The number of unbranched alkanes of at least 4 members (excludes halogenated alkanes) is 5. The molecule has 0 bridgehead atoms. The van der Waals surface area contributed by atoms with Gasteiger partial charge >= 0.3 is 5.04 Å². The molecule has 150 valence electrons. The van der Waals surface area contributed by atoms with Crippen LogP contribution in [0.4, 0.5) is 0 Å².